The standard InChI is InChI=1S/C13H7Cl7O/c14-11(15,12(16,17)13(18,19)20)8-4-5-9-7(6-8)2-1-3-10(9)21/h1-6,21H. The fourth-order valence-electron chi connectivity index (χ4n) is 1.82. The molecule has 0 saturated carbocycles. The summed E-state index contributed by atoms with van der Waals surface area (Å²) in [6.07, 6.45) is 0. The Hall–Kier alpha value is 0.530. The number of fused-ring (bicyclic) bond motifs is 1. The molecule has 0 aliphatic carbocycles. The zero-order valence-electron chi connectivity index (χ0n) is 10.1. The van der Waals surface area contributed by atoms with Crippen LogP contribution in [0.5, 0.6) is 5.75 Å². The van der Waals surface area contributed by atoms with Gasteiger partial charge in [0.15, 0.2) is 4.33 Å². The van der Waals surface area contributed by atoms with Gasteiger partial charge in [0.2, 0.25) is 8.13 Å². The van der Waals surface area contributed by atoms with Gasteiger partial charge < -0.3 is 5.11 Å². The second kappa shape index (κ2) is 5.87. The third kappa shape index (κ3) is 3.12. The second-order valence-corrected chi connectivity index (χ2v) is 9.30. The van der Waals surface area contributed by atoms with Crippen molar-refractivity contribution >= 4 is 92.0 Å². The van der Waals surface area contributed by atoms with Gasteiger partial charge >= 0.3 is 0 Å². The number of aromatic hydroxyl groups is 1. The fourth-order valence-corrected chi connectivity index (χ4v) is 3.27. The van der Waals surface area contributed by atoms with E-state index in [-0.39, 0.29) is 5.75 Å². The highest BCUT2D eigenvalue weighted by molar-refractivity contribution is 6.78. The maximum atomic E-state index is 9.77. The minimum absolute atomic E-state index is 0.123. The summed E-state index contributed by atoms with van der Waals surface area (Å²) in [5, 5.41) is 11.1. The van der Waals surface area contributed by atoms with E-state index < -0.39 is 12.5 Å². The summed E-state index contributed by atoms with van der Waals surface area (Å²) in [6.45, 7) is 0. The Morgan fingerprint density at radius 3 is 2.00 bits per heavy atom. The molecule has 2 aromatic carbocycles. The largest absolute Gasteiger partial charge is 0.507 e. The number of phenols is 1. The molecule has 1 nitrogen and oxygen atoms in total. The Morgan fingerprint density at radius 2 is 1.43 bits per heavy atom. The van der Waals surface area contributed by atoms with Crippen molar-refractivity contribution in [1.82, 2.24) is 0 Å². The highest BCUT2D eigenvalue weighted by atomic mass is 35.6. The summed E-state index contributed by atoms with van der Waals surface area (Å²) in [5.41, 5.74) is 0.334. The molecule has 0 fully saturated rings. The van der Waals surface area contributed by atoms with Crippen molar-refractivity contribution in [3.8, 4) is 5.75 Å². The topological polar surface area (TPSA) is 20.2 Å². The molecule has 0 spiro atoms. The van der Waals surface area contributed by atoms with Gasteiger partial charge in [0.05, 0.1) is 0 Å². The SMILES string of the molecule is Oc1cccc2cc(C(Cl)(Cl)C(Cl)(Cl)C(Cl)(Cl)Cl)ccc12. The van der Waals surface area contributed by atoms with E-state index in [1.165, 1.54) is 0 Å². The van der Waals surface area contributed by atoms with Gasteiger partial charge in [-0.3, -0.25) is 0 Å². The van der Waals surface area contributed by atoms with Crippen molar-refractivity contribution < 1.29 is 5.11 Å². The van der Waals surface area contributed by atoms with E-state index in [2.05, 4.69) is 0 Å². The molecule has 114 valence electrons. The van der Waals surface area contributed by atoms with Crippen LogP contribution >= 0.6 is 81.2 Å². The Kier molecular flexibility index (Phi) is 5.00. The number of hydrogen-bond donors (Lipinski definition) is 1. The second-order valence-electron chi connectivity index (χ2n) is 4.36. The molecule has 2 rings (SSSR count). The molecule has 0 bridgehead atoms. The molecule has 0 aromatic heterocycles. The van der Waals surface area contributed by atoms with E-state index in [4.69, 9.17) is 81.2 Å². The molecular weight excluding hydrogens is 420 g/mol. The molecule has 0 heterocycles. The third-order valence-corrected chi connectivity index (χ3v) is 6.93. The first kappa shape index (κ1) is 17.9. The van der Waals surface area contributed by atoms with Gasteiger partial charge in [-0.05, 0) is 23.1 Å². The van der Waals surface area contributed by atoms with Crippen molar-refractivity contribution in [2.45, 2.75) is 12.5 Å². The zero-order chi connectivity index (χ0) is 16.1. The first-order valence-corrected chi connectivity index (χ1v) is 8.17. The average molecular weight is 427 g/mol. The van der Waals surface area contributed by atoms with E-state index in [9.17, 15) is 5.11 Å². The van der Waals surface area contributed by atoms with Crippen LogP contribution in [-0.2, 0) is 4.33 Å². The smallest absolute Gasteiger partial charge is 0.226 e. The summed E-state index contributed by atoms with van der Waals surface area (Å²) in [7, 11) is 0. The lowest BCUT2D eigenvalue weighted by Gasteiger charge is -2.37. The third-order valence-electron chi connectivity index (χ3n) is 2.97. The van der Waals surface area contributed by atoms with Crippen LogP contribution in [0.2, 0.25) is 0 Å². The van der Waals surface area contributed by atoms with Gasteiger partial charge in [-0.15, -0.1) is 0 Å². The summed E-state index contributed by atoms with van der Waals surface area (Å²) < 4.78 is -6.10. The molecule has 0 atom stereocenters. The lowest BCUT2D eigenvalue weighted by Crippen LogP contribution is -2.45. The summed E-state index contributed by atoms with van der Waals surface area (Å²) in [5.74, 6) is 0.123. The molecule has 1 N–H and O–H groups in total. The molecule has 8 heteroatoms. The van der Waals surface area contributed by atoms with Gasteiger partial charge in [0, 0.05) is 5.39 Å². The van der Waals surface area contributed by atoms with Crippen LogP contribution in [-0.4, -0.2) is 13.2 Å². The number of rotatable bonds is 2. The Balaban J connectivity index is 2.60. The highest BCUT2D eigenvalue weighted by Crippen LogP contribution is 2.60. The molecule has 0 saturated heterocycles. The summed E-state index contributed by atoms with van der Waals surface area (Å²) in [6, 6.07) is 9.80. The summed E-state index contributed by atoms with van der Waals surface area (Å²) >= 11 is 42.0. The predicted molar refractivity (Wildman–Crippen MR) is 93.7 cm³/mol. The Morgan fingerprint density at radius 1 is 0.810 bits per heavy atom. The van der Waals surface area contributed by atoms with Crippen LogP contribution in [0.15, 0.2) is 36.4 Å². The first-order valence-electron chi connectivity index (χ1n) is 5.53. The number of hydrogen-bond acceptors (Lipinski definition) is 1. The Labute approximate surface area is 156 Å². The van der Waals surface area contributed by atoms with Gasteiger partial charge in [0.1, 0.15) is 5.75 Å². The number of benzene rings is 2. The minimum atomic E-state index is -2.12. The van der Waals surface area contributed by atoms with E-state index in [0.717, 1.165) is 0 Å². The molecule has 0 radical (unpaired) electrons. The van der Waals surface area contributed by atoms with Crippen molar-refractivity contribution in [3.05, 3.63) is 42.0 Å². The van der Waals surface area contributed by atoms with Crippen LogP contribution in [0, 0.1) is 0 Å². The van der Waals surface area contributed by atoms with E-state index in [0.29, 0.717) is 16.3 Å². The van der Waals surface area contributed by atoms with Crippen LogP contribution in [0.4, 0.5) is 0 Å². The number of alkyl halides is 7. The van der Waals surface area contributed by atoms with Crippen molar-refractivity contribution in [1.29, 1.82) is 0 Å². The molecular formula is C13H7Cl7O. The van der Waals surface area contributed by atoms with Crippen molar-refractivity contribution in [2.24, 2.45) is 0 Å². The van der Waals surface area contributed by atoms with Gasteiger partial charge in [-0.1, -0.05) is 105 Å². The molecule has 2 aromatic rings. The van der Waals surface area contributed by atoms with Crippen molar-refractivity contribution in [3.63, 3.8) is 0 Å². The molecule has 0 amide bonds. The Bertz CT molecular complexity index is 676. The number of halogens is 7. The van der Waals surface area contributed by atoms with E-state index >= 15 is 0 Å². The lowest BCUT2D eigenvalue weighted by molar-refractivity contribution is 0.481. The molecule has 0 unspecified atom stereocenters. The normalized spacial score (nSPS) is 13.7. The van der Waals surface area contributed by atoms with E-state index in [1.807, 2.05) is 0 Å². The number of phenolic OH excluding ortho intramolecular Hbond substituents is 1. The van der Waals surface area contributed by atoms with E-state index in [1.54, 1.807) is 36.4 Å². The zero-order valence-corrected chi connectivity index (χ0v) is 15.3. The van der Waals surface area contributed by atoms with Gasteiger partial charge in [-0.25, -0.2) is 0 Å². The monoisotopic (exact) mass is 424 g/mol. The maximum Gasteiger partial charge on any atom is 0.226 e. The van der Waals surface area contributed by atoms with Crippen LogP contribution in [0.1, 0.15) is 5.56 Å². The van der Waals surface area contributed by atoms with Crippen LogP contribution in [0.3, 0.4) is 0 Å². The molecule has 0 aliphatic rings. The van der Waals surface area contributed by atoms with Gasteiger partial charge in [-0.2, -0.15) is 0 Å². The van der Waals surface area contributed by atoms with Crippen LogP contribution < -0.4 is 0 Å². The van der Waals surface area contributed by atoms with Crippen LogP contribution in [0.25, 0.3) is 10.8 Å². The highest BCUT2D eigenvalue weighted by Gasteiger charge is 2.60. The predicted octanol–water partition coefficient (Wildman–Crippen LogP) is 6.72. The maximum absolute atomic E-state index is 9.77. The quantitative estimate of drug-likeness (QED) is 0.528. The summed E-state index contributed by atoms with van der Waals surface area (Å²) in [4.78, 5) is 0. The fraction of sp³-hybridized carbons (Fsp3) is 0.231. The minimum Gasteiger partial charge on any atom is -0.507 e. The lowest BCUT2D eigenvalue weighted by atomic mass is 10.0. The average Bonchev–Trinajstić information content (AvgIpc) is 2.37. The molecule has 0 aliphatic heterocycles. The van der Waals surface area contributed by atoms with Crippen molar-refractivity contribution in [2.75, 3.05) is 0 Å². The van der Waals surface area contributed by atoms with Gasteiger partial charge in [0.25, 0.3) is 0 Å². The first-order chi connectivity index (χ1) is 9.48. The molecule has 21 heavy (non-hydrogen) atoms.